The highest BCUT2D eigenvalue weighted by molar-refractivity contribution is 9.08. The van der Waals surface area contributed by atoms with Crippen molar-refractivity contribution < 1.29 is 9.18 Å². The number of rotatable bonds is 4. The van der Waals surface area contributed by atoms with Crippen LogP contribution in [0.2, 0.25) is 0 Å². The molecule has 98 valence electrons. The van der Waals surface area contributed by atoms with E-state index in [0.717, 1.165) is 22.7 Å². The molecule has 1 amide bonds. The fraction of sp³-hybridized carbons (Fsp3) is 0.143. The molecule has 1 N–H and O–H groups in total. The van der Waals surface area contributed by atoms with E-state index >= 15 is 0 Å². The van der Waals surface area contributed by atoms with E-state index in [1.54, 1.807) is 0 Å². The molecule has 5 heteroatoms. The van der Waals surface area contributed by atoms with E-state index in [1.807, 2.05) is 24.3 Å². The largest absolute Gasteiger partial charge is 0.347 e. The molecule has 0 spiro atoms. The van der Waals surface area contributed by atoms with Gasteiger partial charge in [0.05, 0.1) is 6.20 Å². The van der Waals surface area contributed by atoms with Gasteiger partial charge in [-0.25, -0.2) is 9.37 Å². The summed E-state index contributed by atoms with van der Waals surface area (Å²) in [4.78, 5) is 15.5. The average Bonchev–Trinajstić information content (AvgIpc) is 2.46. The summed E-state index contributed by atoms with van der Waals surface area (Å²) in [6, 6.07) is 10.5. The molecule has 1 aromatic carbocycles. The standard InChI is InChI=1S/C14H12BrFN2O/c15-7-10-2-1-3-11(6-10)8-18-14(19)13-5-4-12(16)9-17-13/h1-6,9H,7-8H2,(H,18,19). The molecule has 0 saturated carbocycles. The van der Waals surface area contributed by atoms with Gasteiger partial charge in [0.25, 0.3) is 5.91 Å². The van der Waals surface area contributed by atoms with Crippen molar-refractivity contribution in [2.45, 2.75) is 11.9 Å². The maximum absolute atomic E-state index is 12.7. The minimum atomic E-state index is -0.457. The Kier molecular flexibility index (Phi) is 4.63. The molecule has 0 unspecified atom stereocenters. The van der Waals surface area contributed by atoms with Crippen LogP contribution in [0.4, 0.5) is 4.39 Å². The maximum atomic E-state index is 12.7. The van der Waals surface area contributed by atoms with Gasteiger partial charge in [0.15, 0.2) is 0 Å². The molecule has 3 nitrogen and oxygen atoms in total. The Hall–Kier alpha value is -1.75. The first-order valence-corrected chi connectivity index (χ1v) is 6.85. The average molecular weight is 323 g/mol. The Balaban J connectivity index is 1.98. The molecule has 0 fully saturated rings. The fourth-order valence-corrected chi connectivity index (χ4v) is 1.95. The molecular formula is C14H12BrFN2O. The molecule has 2 aromatic rings. The van der Waals surface area contributed by atoms with E-state index in [-0.39, 0.29) is 11.6 Å². The first kappa shape index (κ1) is 13.7. The number of amides is 1. The lowest BCUT2D eigenvalue weighted by molar-refractivity contribution is 0.0946. The van der Waals surface area contributed by atoms with E-state index in [0.29, 0.717) is 6.54 Å². The van der Waals surface area contributed by atoms with E-state index < -0.39 is 5.82 Å². The van der Waals surface area contributed by atoms with Crippen LogP contribution >= 0.6 is 15.9 Å². The molecule has 0 aliphatic rings. The number of benzene rings is 1. The van der Waals surface area contributed by atoms with Crippen LogP contribution in [-0.4, -0.2) is 10.9 Å². The summed E-state index contributed by atoms with van der Waals surface area (Å²) in [6.45, 7) is 0.415. The molecule has 0 atom stereocenters. The molecule has 0 aliphatic heterocycles. The van der Waals surface area contributed by atoms with Gasteiger partial charge in [-0.3, -0.25) is 4.79 Å². The molecule has 0 bridgehead atoms. The van der Waals surface area contributed by atoms with Crippen LogP contribution in [0.25, 0.3) is 0 Å². The van der Waals surface area contributed by atoms with Gasteiger partial charge in [-0.05, 0) is 23.3 Å². The van der Waals surface area contributed by atoms with Crippen LogP contribution in [0.1, 0.15) is 21.6 Å². The summed E-state index contributed by atoms with van der Waals surface area (Å²) in [6.07, 6.45) is 1.03. The van der Waals surface area contributed by atoms with E-state index in [1.165, 1.54) is 12.1 Å². The summed E-state index contributed by atoms with van der Waals surface area (Å²) in [5, 5.41) is 3.52. The SMILES string of the molecule is O=C(NCc1cccc(CBr)c1)c1ccc(F)cn1. The second kappa shape index (κ2) is 6.43. The van der Waals surface area contributed by atoms with Crippen molar-refractivity contribution in [3.05, 3.63) is 65.2 Å². The number of carbonyl (C=O) groups is 1. The third kappa shape index (κ3) is 3.86. The quantitative estimate of drug-likeness (QED) is 0.879. The summed E-state index contributed by atoms with van der Waals surface area (Å²) in [5.74, 6) is -0.772. The second-order valence-electron chi connectivity index (χ2n) is 4.00. The predicted octanol–water partition coefficient (Wildman–Crippen LogP) is 3.05. The number of nitrogens with zero attached hydrogens (tertiary/aromatic N) is 1. The van der Waals surface area contributed by atoms with Crippen molar-refractivity contribution in [3.63, 3.8) is 0 Å². The van der Waals surface area contributed by atoms with Crippen molar-refractivity contribution in [2.75, 3.05) is 0 Å². The molecule has 1 heterocycles. The van der Waals surface area contributed by atoms with Crippen LogP contribution in [-0.2, 0) is 11.9 Å². The Bertz CT molecular complexity index is 572. The first-order valence-electron chi connectivity index (χ1n) is 5.72. The van der Waals surface area contributed by atoms with Crippen LogP contribution < -0.4 is 5.32 Å². The summed E-state index contributed by atoms with van der Waals surface area (Å²) >= 11 is 3.38. The lowest BCUT2D eigenvalue weighted by Gasteiger charge is -2.06. The van der Waals surface area contributed by atoms with Crippen molar-refractivity contribution in [1.82, 2.24) is 10.3 Å². The number of halogens is 2. The fourth-order valence-electron chi connectivity index (χ4n) is 1.61. The Morgan fingerprint density at radius 2 is 2.05 bits per heavy atom. The van der Waals surface area contributed by atoms with Gasteiger partial charge < -0.3 is 5.32 Å². The minimum absolute atomic E-state index is 0.207. The van der Waals surface area contributed by atoms with Crippen molar-refractivity contribution >= 4 is 21.8 Å². The van der Waals surface area contributed by atoms with E-state index in [2.05, 4.69) is 26.2 Å². The first-order chi connectivity index (χ1) is 9.19. The zero-order valence-electron chi connectivity index (χ0n) is 10.1. The molecule has 0 radical (unpaired) electrons. The Labute approximate surface area is 119 Å². The number of carbonyl (C=O) groups excluding carboxylic acids is 1. The smallest absolute Gasteiger partial charge is 0.270 e. The minimum Gasteiger partial charge on any atom is -0.347 e. The Morgan fingerprint density at radius 1 is 1.26 bits per heavy atom. The number of pyridine rings is 1. The van der Waals surface area contributed by atoms with Crippen molar-refractivity contribution in [2.24, 2.45) is 0 Å². The molecule has 1 aromatic heterocycles. The van der Waals surface area contributed by atoms with Gasteiger partial charge >= 0.3 is 0 Å². The molecule has 2 rings (SSSR count). The monoisotopic (exact) mass is 322 g/mol. The number of nitrogens with one attached hydrogen (secondary N) is 1. The van der Waals surface area contributed by atoms with Crippen LogP contribution in [0.15, 0.2) is 42.6 Å². The lowest BCUT2D eigenvalue weighted by Crippen LogP contribution is -2.23. The summed E-state index contributed by atoms with van der Waals surface area (Å²) < 4.78 is 12.7. The zero-order valence-corrected chi connectivity index (χ0v) is 11.7. The second-order valence-corrected chi connectivity index (χ2v) is 4.56. The third-order valence-corrected chi connectivity index (χ3v) is 3.21. The summed E-state index contributed by atoms with van der Waals surface area (Å²) in [7, 11) is 0. The van der Waals surface area contributed by atoms with Gasteiger partial charge in [0, 0.05) is 11.9 Å². The topological polar surface area (TPSA) is 42.0 Å². The molecular weight excluding hydrogens is 311 g/mol. The van der Waals surface area contributed by atoms with Gasteiger partial charge in [-0.2, -0.15) is 0 Å². The number of hydrogen-bond acceptors (Lipinski definition) is 2. The summed E-state index contributed by atoms with van der Waals surface area (Å²) in [5.41, 5.74) is 2.36. The third-order valence-electron chi connectivity index (χ3n) is 2.56. The van der Waals surface area contributed by atoms with Crippen LogP contribution in [0.5, 0.6) is 0 Å². The van der Waals surface area contributed by atoms with Crippen LogP contribution in [0.3, 0.4) is 0 Å². The number of hydrogen-bond donors (Lipinski definition) is 1. The van der Waals surface area contributed by atoms with Crippen molar-refractivity contribution in [1.29, 1.82) is 0 Å². The highest BCUT2D eigenvalue weighted by atomic mass is 79.9. The predicted molar refractivity (Wildman–Crippen MR) is 74.4 cm³/mol. The molecule has 0 saturated heterocycles. The van der Waals surface area contributed by atoms with Gasteiger partial charge in [-0.1, -0.05) is 40.2 Å². The van der Waals surface area contributed by atoms with Gasteiger partial charge in [-0.15, -0.1) is 0 Å². The van der Waals surface area contributed by atoms with E-state index in [4.69, 9.17) is 0 Å². The Morgan fingerprint density at radius 3 is 2.74 bits per heavy atom. The normalized spacial score (nSPS) is 10.2. The van der Waals surface area contributed by atoms with Crippen LogP contribution in [0, 0.1) is 5.82 Å². The highest BCUT2D eigenvalue weighted by Gasteiger charge is 2.06. The molecule has 0 aliphatic carbocycles. The van der Waals surface area contributed by atoms with Crippen molar-refractivity contribution in [3.8, 4) is 0 Å². The zero-order chi connectivity index (χ0) is 13.7. The molecule has 19 heavy (non-hydrogen) atoms. The van der Waals surface area contributed by atoms with E-state index in [9.17, 15) is 9.18 Å². The highest BCUT2D eigenvalue weighted by Crippen LogP contribution is 2.09. The van der Waals surface area contributed by atoms with Gasteiger partial charge in [0.2, 0.25) is 0 Å². The van der Waals surface area contributed by atoms with Gasteiger partial charge in [0.1, 0.15) is 11.5 Å². The number of aromatic nitrogens is 1. The lowest BCUT2D eigenvalue weighted by atomic mass is 10.1. The maximum Gasteiger partial charge on any atom is 0.270 e. The number of alkyl halides is 1.